The van der Waals surface area contributed by atoms with Gasteiger partial charge in [-0.15, -0.1) is 0 Å². The molecule has 4 rings (SSSR count). The number of halogens is 2. The van der Waals surface area contributed by atoms with Crippen molar-refractivity contribution >= 4 is 41.0 Å². The van der Waals surface area contributed by atoms with Gasteiger partial charge in [0.05, 0.1) is 7.11 Å². The highest BCUT2D eigenvalue weighted by Gasteiger charge is 2.25. The molecule has 1 saturated heterocycles. The Morgan fingerprint density at radius 1 is 1.03 bits per heavy atom. The van der Waals surface area contributed by atoms with E-state index in [1.165, 1.54) is 13.2 Å². The standard InChI is InChI=1S/C23H24F2N6O2S/c1-33-30-22(32)15-9-12-31(13-10-15)34-18-5-2-16(3-6-18)28-23-26-11-8-21(29-23)27-17-4-7-19(24)20(25)14-17/h2-8,11,14-15H,9-10,12-13H2,1H3,(H,30,32)(H2,26,27,28,29). The number of hydrogen-bond donors (Lipinski definition) is 3. The molecule has 3 N–H and O–H groups in total. The third-order valence-electron chi connectivity index (χ3n) is 5.22. The molecule has 0 saturated carbocycles. The van der Waals surface area contributed by atoms with E-state index in [-0.39, 0.29) is 11.8 Å². The number of amides is 1. The lowest BCUT2D eigenvalue weighted by atomic mass is 9.98. The van der Waals surface area contributed by atoms with Crippen molar-refractivity contribution in [1.82, 2.24) is 19.8 Å². The fourth-order valence-corrected chi connectivity index (χ4v) is 4.43. The Labute approximate surface area is 200 Å². The first kappa shape index (κ1) is 23.9. The largest absolute Gasteiger partial charge is 0.340 e. The summed E-state index contributed by atoms with van der Waals surface area (Å²) in [4.78, 5) is 26.2. The molecule has 0 spiro atoms. The zero-order valence-corrected chi connectivity index (χ0v) is 19.2. The zero-order valence-electron chi connectivity index (χ0n) is 18.4. The lowest BCUT2D eigenvalue weighted by Gasteiger charge is -2.29. The van der Waals surface area contributed by atoms with Crippen LogP contribution in [0.15, 0.2) is 59.6 Å². The maximum Gasteiger partial charge on any atom is 0.246 e. The van der Waals surface area contributed by atoms with E-state index in [1.54, 1.807) is 24.2 Å². The van der Waals surface area contributed by atoms with Gasteiger partial charge in [0.25, 0.3) is 0 Å². The predicted octanol–water partition coefficient (Wildman–Crippen LogP) is 4.64. The minimum atomic E-state index is -0.934. The topological polar surface area (TPSA) is 91.4 Å². The van der Waals surface area contributed by atoms with Gasteiger partial charge in [-0.2, -0.15) is 4.98 Å². The first-order valence-corrected chi connectivity index (χ1v) is 11.5. The molecule has 3 aromatic rings. The molecule has 1 aliphatic rings. The monoisotopic (exact) mass is 486 g/mol. The van der Waals surface area contributed by atoms with Crippen LogP contribution in [0.4, 0.5) is 31.9 Å². The third kappa shape index (κ3) is 6.40. The Morgan fingerprint density at radius 3 is 2.47 bits per heavy atom. The average molecular weight is 487 g/mol. The summed E-state index contributed by atoms with van der Waals surface area (Å²) in [5.74, 6) is -1.11. The molecule has 0 unspecified atom stereocenters. The number of rotatable bonds is 8. The molecular weight excluding hydrogens is 462 g/mol. The molecule has 1 fully saturated rings. The van der Waals surface area contributed by atoms with E-state index in [0.29, 0.717) is 17.5 Å². The molecule has 178 valence electrons. The second-order valence-electron chi connectivity index (χ2n) is 7.63. The number of hydrogen-bond acceptors (Lipinski definition) is 8. The van der Waals surface area contributed by atoms with Crippen LogP contribution in [-0.4, -0.2) is 40.4 Å². The smallest absolute Gasteiger partial charge is 0.246 e. The second kappa shape index (κ2) is 11.2. The molecule has 0 radical (unpaired) electrons. The van der Waals surface area contributed by atoms with Gasteiger partial charge in [0, 0.05) is 47.5 Å². The molecule has 34 heavy (non-hydrogen) atoms. The van der Waals surface area contributed by atoms with Crippen LogP contribution >= 0.6 is 11.9 Å². The Hall–Kier alpha value is -3.28. The maximum atomic E-state index is 13.4. The van der Waals surface area contributed by atoms with Gasteiger partial charge in [-0.3, -0.25) is 9.63 Å². The highest BCUT2D eigenvalue weighted by Crippen LogP contribution is 2.29. The highest BCUT2D eigenvalue weighted by molar-refractivity contribution is 7.97. The van der Waals surface area contributed by atoms with Crippen molar-refractivity contribution in [3.8, 4) is 0 Å². The summed E-state index contributed by atoms with van der Waals surface area (Å²) in [5, 5.41) is 6.07. The van der Waals surface area contributed by atoms with Crippen LogP contribution in [0.25, 0.3) is 0 Å². The van der Waals surface area contributed by atoms with Gasteiger partial charge in [0.1, 0.15) is 5.82 Å². The zero-order chi connectivity index (χ0) is 23.9. The van der Waals surface area contributed by atoms with E-state index in [2.05, 4.69) is 30.4 Å². The number of nitrogens with zero attached hydrogens (tertiary/aromatic N) is 3. The summed E-state index contributed by atoms with van der Waals surface area (Å²) in [6.07, 6.45) is 3.14. The fraction of sp³-hybridized carbons (Fsp3) is 0.261. The molecule has 0 atom stereocenters. The summed E-state index contributed by atoms with van der Waals surface area (Å²) in [6.45, 7) is 1.64. The number of carbonyl (C=O) groups is 1. The SMILES string of the molecule is CONC(=O)C1CCN(Sc2ccc(Nc3nccc(Nc4ccc(F)c(F)c4)n3)cc2)CC1. The molecule has 2 aromatic carbocycles. The van der Waals surface area contributed by atoms with Crippen LogP contribution in [0.5, 0.6) is 0 Å². The first-order chi connectivity index (χ1) is 16.5. The van der Waals surface area contributed by atoms with Crippen molar-refractivity contribution in [2.75, 3.05) is 30.8 Å². The Bertz CT molecular complexity index is 1130. The highest BCUT2D eigenvalue weighted by atomic mass is 32.2. The van der Waals surface area contributed by atoms with Crippen molar-refractivity contribution in [2.45, 2.75) is 17.7 Å². The van der Waals surface area contributed by atoms with Crippen molar-refractivity contribution in [3.63, 3.8) is 0 Å². The summed E-state index contributed by atoms with van der Waals surface area (Å²) < 4.78 is 28.8. The molecule has 8 nitrogen and oxygen atoms in total. The average Bonchev–Trinajstić information content (AvgIpc) is 2.84. The lowest BCUT2D eigenvalue weighted by molar-refractivity contribution is -0.136. The normalized spacial score (nSPS) is 14.6. The number of anilines is 4. The molecule has 0 aliphatic carbocycles. The van der Waals surface area contributed by atoms with Crippen LogP contribution in [0, 0.1) is 17.6 Å². The number of hydroxylamine groups is 1. The van der Waals surface area contributed by atoms with Crippen LogP contribution in [0.2, 0.25) is 0 Å². The summed E-state index contributed by atoms with van der Waals surface area (Å²) in [6, 6.07) is 13.0. The molecule has 2 heterocycles. The molecule has 11 heteroatoms. The van der Waals surface area contributed by atoms with Crippen LogP contribution < -0.4 is 16.1 Å². The molecular formula is C23H24F2N6O2S. The van der Waals surface area contributed by atoms with Crippen molar-refractivity contribution in [3.05, 3.63) is 66.4 Å². The number of benzene rings is 2. The van der Waals surface area contributed by atoms with Gasteiger partial charge < -0.3 is 10.6 Å². The van der Waals surface area contributed by atoms with Crippen LogP contribution in [-0.2, 0) is 9.63 Å². The number of nitrogens with one attached hydrogen (secondary N) is 3. The number of piperidine rings is 1. The van der Waals surface area contributed by atoms with E-state index >= 15 is 0 Å². The van der Waals surface area contributed by atoms with Gasteiger partial charge in [0.2, 0.25) is 11.9 Å². The fourth-order valence-electron chi connectivity index (χ4n) is 3.48. The van der Waals surface area contributed by atoms with Gasteiger partial charge >= 0.3 is 0 Å². The number of aromatic nitrogens is 2. The van der Waals surface area contributed by atoms with Crippen LogP contribution in [0.1, 0.15) is 12.8 Å². The van der Waals surface area contributed by atoms with Crippen LogP contribution in [0.3, 0.4) is 0 Å². The molecule has 1 aromatic heterocycles. The number of carbonyl (C=O) groups excluding carboxylic acids is 1. The molecule has 1 amide bonds. The first-order valence-electron chi connectivity index (χ1n) is 10.7. The minimum Gasteiger partial charge on any atom is -0.340 e. The molecule has 0 bridgehead atoms. The van der Waals surface area contributed by atoms with Gasteiger partial charge in [0.15, 0.2) is 11.6 Å². The summed E-state index contributed by atoms with van der Waals surface area (Å²) in [7, 11) is 1.44. The Morgan fingerprint density at radius 2 is 1.76 bits per heavy atom. The minimum absolute atomic E-state index is 0.0179. The van der Waals surface area contributed by atoms with E-state index in [9.17, 15) is 13.6 Å². The quantitative estimate of drug-likeness (QED) is 0.313. The maximum absolute atomic E-state index is 13.4. The van der Waals surface area contributed by atoms with Gasteiger partial charge in [-0.05, 0) is 67.3 Å². The van der Waals surface area contributed by atoms with E-state index < -0.39 is 11.6 Å². The Balaban J connectivity index is 1.30. The van der Waals surface area contributed by atoms with E-state index in [4.69, 9.17) is 4.84 Å². The summed E-state index contributed by atoms with van der Waals surface area (Å²) >= 11 is 1.66. The Kier molecular flexibility index (Phi) is 7.88. The van der Waals surface area contributed by atoms with Crippen molar-refractivity contribution in [1.29, 1.82) is 0 Å². The van der Waals surface area contributed by atoms with Gasteiger partial charge in [-0.25, -0.2) is 23.6 Å². The molecule has 1 aliphatic heterocycles. The third-order valence-corrected chi connectivity index (χ3v) is 6.33. The van der Waals surface area contributed by atoms with Gasteiger partial charge in [-0.1, -0.05) is 0 Å². The van der Waals surface area contributed by atoms with E-state index in [0.717, 1.165) is 48.6 Å². The lowest BCUT2D eigenvalue weighted by Crippen LogP contribution is -2.37. The van der Waals surface area contributed by atoms with Crippen molar-refractivity contribution in [2.24, 2.45) is 5.92 Å². The second-order valence-corrected chi connectivity index (χ2v) is 8.80. The van der Waals surface area contributed by atoms with E-state index in [1.807, 2.05) is 24.3 Å². The predicted molar refractivity (Wildman–Crippen MR) is 127 cm³/mol. The van der Waals surface area contributed by atoms with Crippen molar-refractivity contribution < 1.29 is 18.4 Å². The summed E-state index contributed by atoms with van der Waals surface area (Å²) in [5.41, 5.74) is 3.60.